The lowest BCUT2D eigenvalue weighted by Crippen LogP contribution is -2.36. The number of nitrogens with one attached hydrogen (secondary N) is 1. The molecular formula is C41H25F3NO4PS2. The van der Waals surface area contributed by atoms with Gasteiger partial charge in [-0.3, -0.25) is 0 Å². The molecule has 0 atom stereocenters. The van der Waals surface area contributed by atoms with E-state index in [9.17, 15) is 21.6 Å². The van der Waals surface area contributed by atoms with Gasteiger partial charge in [-0.2, -0.15) is 13.2 Å². The Morgan fingerprint density at radius 2 is 0.865 bits per heavy atom. The van der Waals surface area contributed by atoms with Gasteiger partial charge in [0.25, 0.3) is 0 Å². The first kappa shape index (κ1) is 32.6. The van der Waals surface area contributed by atoms with Crippen LogP contribution in [0.3, 0.4) is 0 Å². The van der Waals surface area contributed by atoms with Gasteiger partial charge in [0.05, 0.1) is 0 Å². The van der Waals surface area contributed by atoms with Crippen LogP contribution in [0.5, 0.6) is 11.5 Å². The van der Waals surface area contributed by atoms with Crippen LogP contribution < -0.4 is 13.5 Å². The minimum atomic E-state index is -6.04. The van der Waals surface area contributed by atoms with E-state index in [1.165, 1.54) is 0 Å². The van der Waals surface area contributed by atoms with Gasteiger partial charge in [-0.1, -0.05) is 133 Å². The fourth-order valence-electron chi connectivity index (χ4n) is 7.16. The Morgan fingerprint density at radius 1 is 0.500 bits per heavy atom. The van der Waals surface area contributed by atoms with Gasteiger partial charge < -0.3 is 9.05 Å². The van der Waals surface area contributed by atoms with Gasteiger partial charge in [0.15, 0.2) is 0 Å². The fraction of sp³-hybridized carbons (Fsp3) is 0.0244. The summed E-state index contributed by atoms with van der Waals surface area (Å²) in [4.78, 5) is 0. The zero-order chi connectivity index (χ0) is 35.8. The highest BCUT2D eigenvalue weighted by Gasteiger charge is 2.51. The van der Waals surface area contributed by atoms with Crippen LogP contribution >= 0.6 is 6.64 Å². The molecule has 9 rings (SSSR count). The molecule has 0 aromatic heterocycles. The maximum Gasteiger partial charge on any atom is 0.511 e. The predicted molar refractivity (Wildman–Crippen MR) is 206 cm³/mol. The molecule has 1 aliphatic heterocycles. The van der Waals surface area contributed by atoms with Crippen LogP contribution in [0.4, 0.5) is 13.2 Å². The summed E-state index contributed by atoms with van der Waals surface area (Å²) in [5.41, 5.74) is -2.17. The van der Waals surface area contributed by atoms with Crippen LogP contribution in [0.1, 0.15) is 0 Å². The molecule has 0 fully saturated rings. The molecule has 0 bridgehead atoms. The average molecular weight is 748 g/mol. The van der Waals surface area contributed by atoms with Crippen molar-refractivity contribution in [2.24, 2.45) is 0 Å². The average Bonchev–Trinajstić information content (AvgIpc) is 3.27. The van der Waals surface area contributed by atoms with Crippen molar-refractivity contribution in [2.45, 2.75) is 5.51 Å². The third-order valence-corrected chi connectivity index (χ3v) is 13.8. The van der Waals surface area contributed by atoms with E-state index >= 15 is 0 Å². The minimum Gasteiger partial charge on any atom is -0.423 e. The van der Waals surface area contributed by atoms with E-state index in [2.05, 4.69) is 0 Å². The molecule has 0 aliphatic carbocycles. The van der Waals surface area contributed by atoms with E-state index in [1.807, 2.05) is 146 Å². The van der Waals surface area contributed by atoms with Gasteiger partial charge in [-0.25, -0.2) is 8.42 Å². The summed E-state index contributed by atoms with van der Waals surface area (Å²) in [6, 6.07) is 46.0. The van der Waals surface area contributed by atoms with E-state index in [0.29, 0.717) is 33.0 Å². The predicted octanol–water partition coefficient (Wildman–Crippen LogP) is 11.7. The second-order valence-electron chi connectivity index (χ2n) is 12.5. The van der Waals surface area contributed by atoms with E-state index in [1.54, 1.807) is 4.49 Å². The third-order valence-electron chi connectivity index (χ3n) is 9.37. The van der Waals surface area contributed by atoms with E-state index in [-0.39, 0.29) is 11.5 Å². The summed E-state index contributed by atoms with van der Waals surface area (Å²) in [6.07, 6.45) is 0. The molecule has 0 amide bonds. The lowest BCUT2D eigenvalue weighted by molar-refractivity contribution is -0.0442. The topological polar surface area (TPSA) is 64.6 Å². The van der Waals surface area contributed by atoms with Crippen LogP contribution in [0.25, 0.3) is 76.5 Å². The minimum absolute atomic E-state index is 0.113. The van der Waals surface area contributed by atoms with Crippen LogP contribution in [-0.4, -0.2) is 13.9 Å². The molecule has 0 radical (unpaired) electrons. The Balaban J connectivity index is 1.49. The molecule has 1 heterocycles. The Morgan fingerprint density at radius 3 is 1.29 bits per heavy atom. The van der Waals surface area contributed by atoms with Gasteiger partial charge in [-0.05, 0) is 66.3 Å². The first-order valence-corrected chi connectivity index (χ1v) is 20.3. The largest absolute Gasteiger partial charge is 0.511 e. The summed E-state index contributed by atoms with van der Waals surface area (Å²) in [5, 5.41) is 6.64. The highest BCUT2D eigenvalue weighted by molar-refractivity contribution is 8.14. The van der Waals surface area contributed by atoms with Crippen molar-refractivity contribution in [3.05, 3.63) is 146 Å². The van der Waals surface area contributed by atoms with E-state index in [4.69, 9.17) is 20.9 Å². The summed E-state index contributed by atoms with van der Waals surface area (Å²) in [5.74, 6) is 0.226. The van der Waals surface area contributed by atoms with E-state index in [0.717, 1.165) is 43.4 Å². The SMILES string of the molecule is O=S(=O)(NP1(=S)Oc2c(-c3cccc4ccccc34)cc3ccccc3c2-c2c(c(-c3cccc4ccccc34)cc3ccccc23)O1)C(F)(F)F. The molecular weight excluding hydrogens is 723 g/mol. The Bertz CT molecular complexity index is 2760. The second kappa shape index (κ2) is 11.9. The smallest absolute Gasteiger partial charge is 0.423 e. The molecule has 11 heteroatoms. The van der Waals surface area contributed by atoms with Crippen LogP contribution in [0.15, 0.2) is 146 Å². The number of benzene rings is 8. The molecule has 0 saturated heterocycles. The summed E-state index contributed by atoms with van der Waals surface area (Å²) in [6.45, 7) is -4.64. The summed E-state index contributed by atoms with van der Waals surface area (Å²) >= 11 is 5.84. The molecule has 1 N–H and O–H groups in total. The highest BCUT2D eigenvalue weighted by Crippen LogP contribution is 2.62. The van der Waals surface area contributed by atoms with Crippen LogP contribution in [0.2, 0.25) is 0 Å². The Labute approximate surface area is 301 Å². The number of halogens is 3. The quantitative estimate of drug-likeness (QED) is 0.182. The van der Waals surface area contributed by atoms with Crippen molar-refractivity contribution < 1.29 is 30.6 Å². The van der Waals surface area contributed by atoms with Gasteiger partial charge in [-0.15, -0.1) is 4.49 Å². The lowest BCUT2D eigenvalue weighted by atomic mass is 9.85. The van der Waals surface area contributed by atoms with Crippen LogP contribution in [-0.2, 0) is 21.8 Å². The number of alkyl halides is 3. The van der Waals surface area contributed by atoms with Crippen molar-refractivity contribution >= 4 is 71.6 Å². The molecule has 0 saturated carbocycles. The van der Waals surface area contributed by atoms with Gasteiger partial charge in [0.2, 0.25) is 0 Å². The highest BCUT2D eigenvalue weighted by atomic mass is 32.5. The Hall–Kier alpha value is -5.25. The number of fused-ring (bicyclic) bond motifs is 9. The monoisotopic (exact) mass is 747 g/mol. The summed E-state index contributed by atoms with van der Waals surface area (Å²) in [7, 11) is -6.04. The molecule has 256 valence electrons. The standard InChI is InChI=1S/C41H25F3NO4PS2/c42-41(43,44)52(46,47)45-50(51)48-39-35(33-21-9-15-25-11-1-5-17-29(25)33)23-27-13-3-7-19-31(27)37(39)38-32-20-8-4-14-28(32)24-36(40(38)49-50)34-22-10-16-26-12-2-6-18-30(26)34/h1-24H,(H,45,51). The van der Waals surface area contributed by atoms with Crippen molar-refractivity contribution in [2.75, 3.05) is 0 Å². The number of hydrogen-bond acceptors (Lipinski definition) is 5. The molecule has 1 aliphatic rings. The molecule has 5 nitrogen and oxygen atoms in total. The third kappa shape index (κ3) is 5.25. The summed E-state index contributed by atoms with van der Waals surface area (Å²) < 4.78 is 82.9. The van der Waals surface area contributed by atoms with Crippen molar-refractivity contribution in [1.29, 1.82) is 0 Å². The van der Waals surface area contributed by atoms with E-state index < -0.39 is 22.2 Å². The maximum atomic E-state index is 14.1. The first-order chi connectivity index (χ1) is 25.0. The molecule has 8 aromatic carbocycles. The fourth-order valence-corrected chi connectivity index (χ4v) is 11.3. The molecule has 52 heavy (non-hydrogen) atoms. The zero-order valence-corrected chi connectivity index (χ0v) is 29.4. The van der Waals surface area contributed by atoms with Gasteiger partial charge >= 0.3 is 22.2 Å². The lowest BCUT2D eigenvalue weighted by Gasteiger charge is -2.25. The van der Waals surface area contributed by atoms with Crippen LogP contribution in [0, 0.1) is 0 Å². The maximum absolute atomic E-state index is 14.1. The van der Waals surface area contributed by atoms with Gasteiger partial charge in [0, 0.05) is 34.1 Å². The zero-order valence-electron chi connectivity index (χ0n) is 26.9. The second-order valence-corrected chi connectivity index (χ2v) is 17.5. The molecule has 0 unspecified atom stereocenters. The first-order valence-electron chi connectivity index (χ1n) is 16.2. The normalized spacial score (nSPS) is 14.1. The number of sulfonamides is 1. The number of hydrogen-bond donors (Lipinski definition) is 1. The van der Waals surface area contributed by atoms with Crippen molar-refractivity contribution in [3.8, 4) is 44.9 Å². The van der Waals surface area contributed by atoms with Crippen molar-refractivity contribution in [1.82, 2.24) is 4.49 Å². The van der Waals surface area contributed by atoms with Gasteiger partial charge in [0.1, 0.15) is 11.5 Å². The Kier molecular flexibility index (Phi) is 7.47. The molecule has 8 aromatic rings. The molecule has 0 spiro atoms. The number of rotatable bonds is 4. The van der Waals surface area contributed by atoms with Crippen molar-refractivity contribution in [3.63, 3.8) is 0 Å².